The first-order chi connectivity index (χ1) is 11.9. The molecule has 0 radical (unpaired) electrons. The highest BCUT2D eigenvalue weighted by molar-refractivity contribution is 7.18. The second-order valence-electron chi connectivity index (χ2n) is 6.37. The van der Waals surface area contributed by atoms with E-state index in [9.17, 15) is 9.59 Å². The quantitative estimate of drug-likeness (QED) is 0.702. The van der Waals surface area contributed by atoms with Crippen LogP contribution in [0.5, 0.6) is 0 Å². The summed E-state index contributed by atoms with van der Waals surface area (Å²) < 4.78 is 5.54. The molecule has 0 unspecified atom stereocenters. The zero-order valence-corrected chi connectivity index (χ0v) is 15.9. The predicted octanol–water partition coefficient (Wildman–Crippen LogP) is 4.07. The lowest BCUT2D eigenvalue weighted by molar-refractivity contribution is 0.0326. The fourth-order valence-corrected chi connectivity index (χ4v) is 5.34. The van der Waals surface area contributed by atoms with Gasteiger partial charge in [0.25, 0.3) is 5.56 Å². The van der Waals surface area contributed by atoms with Crippen molar-refractivity contribution in [2.75, 3.05) is 0 Å². The molecule has 1 aliphatic carbocycles. The number of ether oxygens (including phenoxy) is 1. The SMILES string of the molecule is Cc1sc2nc([C@H](C)OC(=O)c3cc4c(s3)CCC4)[nH]c(=O)c2c1C. The van der Waals surface area contributed by atoms with Crippen LogP contribution in [0.25, 0.3) is 10.2 Å². The number of esters is 1. The molecule has 0 bridgehead atoms. The van der Waals surface area contributed by atoms with Gasteiger partial charge < -0.3 is 9.72 Å². The molecule has 25 heavy (non-hydrogen) atoms. The van der Waals surface area contributed by atoms with E-state index >= 15 is 0 Å². The number of nitrogens with zero attached hydrogens (tertiary/aromatic N) is 1. The van der Waals surface area contributed by atoms with Gasteiger partial charge in [0.05, 0.1) is 5.39 Å². The minimum Gasteiger partial charge on any atom is -0.450 e. The molecule has 0 saturated heterocycles. The number of carbonyl (C=O) groups excluding carboxylic acids is 1. The van der Waals surface area contributed by atoms with Crippen LogP contribution >= 0.6 is 22.7 Å². The van der Waals surface area contributed by atoms with E-state index < -0.39 is 6.10 Å². The van der Waals surface area contributed by atoms with Crippen LogP contribution in [0.3, 0.4) is 0 Å². The Kier molecular flexibility index (Phi) is 4.00. The molecule has 1 atom stereocenters. The Morgan fingerprint density at radius 3 is 2.88 bits per heavy atom. The molecule has 1 aliphatic rings. The molecule has 0 amide bonds. The molecular weight excluding hydrogens is 356 g/mol. The summed E-state index contributed by atoms with van der Waals surface area (Å²) in [6.07, 6.45) is 2.64. The summed E-state index contributed by atoms with van der Waals surface area (Å²) >= 11 is 3.00. The van der Waals surface area contributed by atoms with Crippen LogP contribution < -0.4 is 5.56 Å². The highest BCUT2D eigenvalue weighted by Crippen LogP contribution is 2.32. The molecule has 0 aliphatic heterocycles. The maximum atomic E-state index is 12.4. The number of thiophene rings is 2. The number of nitrogens with one attached hydrogen (secondary N) is 1. The topological polar surface area (TPSA) is 72.0 Å². The third kappa shape index (κ3) is 2.81. The molecule has 4 rings (SSSR count). The normalized spacial score (nSPS) is 14.7. The first kappa shape index (κ1) is 16.5. The molecule has 1 N–H and O–H groups in total. The minimum atomic E-state index is -0.607. The summed E-state index contributed by atoms with van der Waals surface area (Å²) in [5, 5.41) is 0.624. The smallest absolute Gasteiger partial charge is 0.349 e. The monoisotopic (exact) mass is 374 g/mol. The maximum absolute atomic E-state index is 12.4. The van der Waals surface area contributed by atoms with Crippen LogP contribution in [-0.2, 0) is 17.6 Å². The average Bonchev–Trinajstić information content (AvgIpc) is 3.21. The minimum absolute atomic E-state index is 0.181. The first-order valence-corrected chi connectivity index (χ1v) is 9.90. The van der Waals surface area contributed by atoms with Crippen LogP contribution in [0.1, 0.15) is 55.8 Å². The summed E-state index contributed by atoms with van der Waals surface area (Å²) in [5.41, 5.74) is 2.04. The molecule has 130 valence electrons. The number of rotatable bonds is 3. The Labute approximate surface area is 152 Å². The summed E-state index contributed by atoms with van der Waals surface area (Å²) in [6, 6.07) is 1.94. The van der Waals surface area contributed by atoms with Gasteiger partial charge in [0.1, 0.15) is 9.71 Å². The van der Waals surface area contributed by atoms with E-state index in [4.69, 9.17) is 4.74 Å². The molecule has 0 spiro atoms. The van der Waals surface area contributed by atoms with Gasteiger partial charge in [-0.25, -0.2) is 9.78 Å². The summed E-state index contributed by atoms with van der Waals surface area (Å²) in [5.74, 6) is 0.0318. The van der Waals surface area contributed by atoms with Crippen molar-refractivity contribution >= 4 is 38.9 Å². The number of aryl methyl sites for hydroxylation is 4. The van der Waals surface area contributed by atoms with Crippen LogP contribution in [0.15, 0.2) is 10.9 Å². The zero-order valence-electron chi connectivity index (χ0n) is 14.3. The molecule has 3 heterocycles. The van der Waals surface area contributed by atoms with E-state index in [-0.39, 0.29) is 11.5 Å². The van der Waals surface area contributed by atoms with Crippen molar-refractivity contribution in [3.05, 3.63) is 48.0 Å². The number of hydrogen-bond acceptors (Lipinski definition) is 6. The fraction of sp³-hybridized carbons (Fsp3) is 0.389. The van der Waals surface area contributed by atoms with Gasteiger partial charge in [-0.1, -0.05) is 0 Å². The van der Waals surface area contributed by atoms with Gasteiger partial charge in [0, 0.05) is 9.75 Å². The molecule has 7 heteroatoms. The van der Waals surface area contributed by atoms with Crippen molar-refractivity contribution in [3.8, 4) is 0 Å². The Morgan fingerprint density at radius 1 is 1.32 bits per heavy atom. The van der Waals surface area contributed by atoms with Crippen molar-refractivity contribution < 1.29 is 9.53 Å². The lowest BCUT2D eigenvalue weighted by Gasteiger charge is -2.11. The molecule has 0 fully saturated rings. The maximum Gasteiger partial charge on any atom is 0.349 e. The van der Waals surface area contributed by atoms with Crippen molar-refractivity contribution in [1.82, 2.24) is 9.97 Å². The summed E-state index contributed by atoms with van der Waals surface area (Å²) in [4.78, 5) is 35.7. The Balaban J connectivity index is 1.60. The number of fused-ring (bicyclic) bond motifs is 2. The summed E-state index contributed by atoms with van der Waals surface area (Å²) in [7, 11) is 0. The molecule has 0 aromatic carbocycles. The van der Waals surface area contributed by atoms with Gasteiger partial charge in [-0.05, 0) is 57.2 Å². The largest absolute Gasteiger partial charge is 0.450 e. The Morgan fingerprint density at radius 2 is 2.12 bits per heavy atom. The number of aromatic amines is 1. The number of carbonyl (C=O) groups is 1. The first-order valence-electron chi connectivity index (χ1n) is 8.26. The van der Waals surface area contributed by atoms with E-state index in [1.165, 1.54) is 33.1 Å². The highest BCUT2D eigenvalue weighted by atomic mass is 32.1. The summed E-state index contributed by atoms with van der Waals surface area (Å²) in [6.45, 7) is 5.63. The van der Waals surface area contributed by atoms with Crippen molar-refractivity contribution in [1.29, 1.82) is 0 Å². The zero-order chi connectivity index (χ0) is 17.7. The highest BCUT2D eigenvalue weighted by Gasteiger charge is 2.23. The molecule has 0 saturated carbocycles. The van der Waals surface area contributed by atoms with Gasteiger partial charge in [-0.2, -0.15) is 0 Å². The Bertz CT molecular complexity index is 1020. The van der Waals surface area contributed by atoms with Gasteiger partial charge in [0.15, 0.2) is 11.9 Å². The van der Waals surface area contributed by atoms with Gasteiger partial charge in [-0.3, -0.25) is 4.79 Å². The van der Waals surface area contributed by atoms with E-state index in [0.717, 1.165) is 29.7 Å². The molecule has 3 aromatic rings. The van der Waals surface area contributed by atoms with E-state index in [0.29, 0.717) is 20.9 Å². The lowest BCUT2D eigenvalue weighted by atomic mass is 10.2. The van der Waals surface area contributed by atoms with E-state index in [1.54, 1.807) is 6.92 Å². The van der Waals surface area contributed by atoms with Crippen molar-refractivity contribution in [3.63, 3.8) is 0 Å². The standard InChI is InChI=1S/C18H18N2O3S2/c1-8-10(3)24-17-14(8)16(21)19-15(20-17)9(2)23-18(22)13-7-11-5-4-6-12(11)25-13/h7,9H,4-6H2,1-3H3,(H,19,20,21)/t9-/m0/s1. The van der Waals surface area contributed by atoms with Crippen molar-refractivity contribution in [2.24, 2.45) is 0 Å². The van der Waals surface area contributed by atoms with Gasteiger partial charge in [-0.15, -0.1) is 22.7 Å². The average molecular weight is 374 g/mol. The second-order valence-corrected chi connectivity index (χ2v) is 8.71. The van der Waals surface area contributed by atoms with E-state index in [2.05, 4.69) is 9.97 Å². The van der Waals surface area contributed by atoms with Crippen LogP contribution in [0, 0.1) is 13.8 Å². The molecule has 5 nitrogen and oxygen atoms in total. The number of H-pyrrole nitrogens is 1. The third-order valence-corrected chi connectivity index (χ3v) is 6.99. The van der Waals surface area contributed by atoms with Crippen molar-refractivity contribution in [2.45, 2.75) is 46.1 Å². The fourth-order valence-electron chi connectivity index (χ4n) is 3.17. The van der Waals surface area contributed by atoms with Crippen LogP contribution in [0.2, 0.25) is 0 Å². The van der Waals surface area contributed by atoms with Gasteiger partial charge >= 0.3 is 5.97 Å². The van der Waals surface area contributed by atoms with E-state index in [1.807, 2.05) is 19.9 Å². The van der Waals surface area contributed by atoms with Gasteiger partial charge in [0.2, 0.25) is 0 Å². The predicted molar refractivity (Wildman–Crippen MR) is 99.9 cm³/mol. The van der Waals surface area contributed by atoms with Crippen LogP contribution in [-0.4, -0.2) is 15.9 Å². The number of aromatic nitrogens is 2. The second kappa shape index (κ2) is 6.07. The molecular formula is C18H18N2O3S2. The molecule has 3 aromatic heterocycles. The number of hydrogen-bond donors (Lipinski definition) is 1. The Hall–Kier alpha value is -1.99. The third-order valence-electron chi connectivity index (χ3n) is 4.67. The lowest BCUT2D eigenvalue weighted by Crippen LogP contribution is -2.17. The van der Waals surface area contributed by atoms with Crippen LogP contribution in [0.4, 0.5) is 0 Å².